The molecule has 2 aromatic rings. The van der Waals surface area contributed by atoms with Crippen molar-refractivity contribution in [3.63, 3.8) is 0 Å². The quantitative estimate of drug-likeness (QED) is 0.561. The van der Waals surface area contributed by atoms with Crippen molar-refractivity contribution in [1.82, 2.24) is 10.6 Å². The van der Waals surface area contributed by atoms with Gasteiger partial charge in [-0.05, 0) is 42.3 Å². The molecular weight excluding hydrogens is 333 g/mol. The van der Waals surface area contributed by atoms with Crippen LogP contribution in [0, 0.1) is 5.82 Å². The van der Waals surface area contributed by atoms with Crippen molar-refractivity contribution in [2.75, 3.05) is 27.3 Å². The van der Waals surface area contributed by atoms with E-state index in [-0.39, 0.29) is 11.9 Å². The predicted molar refractivity (Wildman–Crippen MR) is 102 cm³/mol. The summed E-state index contributed by atoms with van der Waals surface area (Å²) in [5.74, 6) is 1.27. The molecule has 0 saturated carbocycles. The molecule has 0 aliphatic rings. The third kappa shape index (κ3) is 6.04. The second-order valence-corrected chi connectivity index (χ2v) is 5.70. The lowest BCUT2D eigenvalue weighted by molar-refractivity contribution is 0.106. The largest absolute Gasteiger partial charge is 0.497 e. The zero-order valence-corrected chi connectivity index (χ0v) is 15.5. The van der Waals surface area contributed by atoms with Crippen molar-refractivity contribution < 1.29 is 13.9 Å². The molecule has 6 heteroatoms. The number of rotatable bonds is 8. The van der Waals surface area contributed by atoms with Crippen molar-refractivity contribution in [3.05, 3.63) is 65.5 Å². The Morgan fingerprint density at radius 3 is 2.31 bits per heavy atom. The molecule has 2 rings (SSSR count). The first-order valence-electron chi connectivity index (χ1n) is 8.59. The molecule has 0 heterocycles. The Morgan fingerprint density at radius 1 is 1.04 bits per heavy atom. The van der Waals surface area contributed by atoms with Gasteiger partial charge in [-0.1, -0.05) is 24.3 Å². The highest BCUT2D eigenvalue weighted by atomic mass is 19.1. The second kappa shape index (κ2) is 10.4. The Bertz CT molecular complexity index is 687. The lowest BCUT2D eigenvalue weighted by atomic mass is 10.1. The van der Waals surface area contributed by atoms with Crippen LogP contribution in [-0.2, 0) is 11.3 Å². The third-order valence-corrected chi connectivity index (χ3v) is 3.90. The average molecular weight is 359 g/mol. The van der Waals surface area contributed by atoms with Crippen LogP contribution >= 0.6 is 0 Å². The van der Waals surface area contributed by atoms with Gasteiger partial charge in [-0.3, -0.25) is 0 Å². The molecule has 0 bridgehead atoms. The molecule has 1 unspecified atom stereocenters. The second-order valence-electron chi connectivity index (χ2n) is 5.70. The summed E-state index contributed by atoms with van der Waals surface area (Å²) in [4.78, 5) is 4.59. The van der Waals surface area contributed by atoms with Crippen LogP contribution in [0.1, 0.15) is 24.2 Å². The Kier molecular flexibility index (Phi) is 7.89. The van der Waals surface area contributed by atoms with Gasteiger partial charge < -0.3 is 20.1 Å². The van der Waals surface area contributed by atoms with Crippen molar-refractivity contribution in [3.8, 4) is 5.75 Å². The molecule has 0 radical (unpaired) electrons. The summed E-state index contributed by atoms with van der Waals surface area (Å²) in [6.45, 7) is 3.84. The standard InChI is InChI=1S/C20H26FN3O2/c1-4-22-20(23-13-15-5-11-18(25-2)12-6-15)24-14-19(26-3)16-7-9-17(21)10-8-16/h5-12,19H,4,13-14H2,1-3H3,(H2,22,23,24). The highest BCUT2D eigenvalue weighted by Gasteiger charge is 2.11. The molecule has 0 amide bonds. The zero-order chi connectivity index (χ0) is 18.8. The van der Waals surface area contributed by atoms with Gasteiger partial charge in [0.2, 0.25) is 0 Å². The maximum absolute atomic E-state index is 13.1. The number of benzene rings is 2. The number of guanidine groups is 1. The lowest BCUT2D eigenvalue weighted by Gasteiger charge is -2.18. The highest BCUT2D eigenvalue weighted by molar-refractivity contribution is 5.79. The van der Waals surface area contributed by atoms with E-state index < -0.39 is 0 Å². The van der Waals surface area contributed by atoms with E-state index in [1.807, 2.05) is 31.2 Å². The summed E-state index contributed by atoms with van der Waals surface area (Å²) in [6, 6.07) is 14.1. The minimum absolute atomic E-state index is 0.194. The van der Waals surface area contributed by atoms with Gasteiger partial charge in [0.05, 0.1) is 19.8 Å². The van der Waals surface area contributed by atoms with E-state index in [1.165, 1.54) is 12.1 Å². The van der Waals surface area contributed by atoms with Gasteiger partial charge in [-0.2, -0.15) is 0 Å². The minimum atomic E-state index is -0.258. The van der Waals surface area contributed by atoms with E-state index in [9.17, 15) is 4.39 Å². The fourth-order valence-electron chi connectivity index (χ4n) is 2.45. The molecule has 0 aliphatic heterocycles. The van der Waals surface area contributed by atoms with E-state index in [1.54, 1.807) is 26.4 Å². The molecule has 0 aromatic heterocycles. The Balaban J connectivity index is 1.97. The normalized spacial score (nSPS) is 12.5. The number of halogens is 1. The smallest absolute Gasteiger partial charge is 0.191 e. The number of ether oxygens (including phenoxy) is 2. The van der Waals surface area contributed by atoms with E-state index in [2.05, 4.69) is 15.6 Å². The first kappa shape index (κ1) is 19.7. The van der Waals surface area contributed by atoms with Crippen molar-refractivity contribution in [2.24, 2.45) is 4.99 Å². The third-order valence-electron chi connectivity index (χ3n) is 3.90. The van der Waals surface area contributed by atoms with Crippen molar-refractivity contribution in [1.29, 1.82) is 0 Å². The highest BCUT2D eigenvalue weighted by Crippen LogP contribution is 2.16. The van der Waals surface area contributed by atoms with Gasteiger partial charge in [0.25, 0.3) is 0 Å². The van der Waals surface area contributed by atoms with Gasteiger partial charge in [-0.15, -0.1) is 0 Å². The van der Waals surface area contributed by atoms with Crippen LogP contribution in [0.15, 0.2) is 53.5 Å². The van der Waals surface area contributed by atoms with Gasteiger partial charge in [0.1, 0.15) is 11.6 Å². The van der Waals surface area contributed by atoms with Gasteiger partial charge in [-0.25, -0.2) is 9.38 Å². The van der Waals surface area contributed by atoms with Crippen molar-refractivity contribution >= 4 is 5.96 Å². The number of hydrogen-bond donors (Lipinski definition) is 2. The summed E-state index contributed by atoms with van der Waals surface area (Å²) in [5.41, 5.74) is 2.00. The Hall–Kier alpha value is -2.60. The monoisotopic (exact) mass is 359 g/mol. The SMILES string of the molecule is CCNC(=NCc1ccc(OC)cc1)NCC(OC)c1ccc(F)cc1. The summed E-state index contributed by atoms with van der Waals surface area (Å²) in [5, 5.41) is 6.49. The van der Waals surface area contributed by atoms with Gasteiger partial charge >= 0.3 is 0 Å². The van der Waals surface area contributed by atoms with Crippen LogP contribution in [0.5, 0.6) is 5.75 Å². The van der Waals surface area contributed by atoms with E-state index in [0.29, 0.717) is 19.0 Å². The predicted octanol–water partition coefficient (Wildman–Crippen LogP) is 3.28. The number of nitrogens with zero attached hydrogens (tertiary/aromatic N) is 1. The van der Waals surface area contributed by atoms with Crippen molar-refractivity contribution in [2.45, 2.75) is 19.6 Å². The Morgan fingerprint density at radius 2 is 1.73 bits per heavy atom. The molecule has 1 atom stereocenters. The molecule has 2 aromatic carbocycles. The van der Waals surface area contributed by atoms with Crippen LogP contribution in [0.3, 0.4) is 0 Å². The maximum atomic E-state index is 13.1. The first-order valence-corrected chi connectivity index (χ1v) is 8.59. The lowest BCUT2D eigenvalue weighted by Crippen LogP contribution is -2.39. The van der Waals surface area contributed by atoms with Crippen LogP contribution in [0.4, 0.5) is 4.39 Å². The zero-order valence-electron chi connectivity index (χ0n) is 15.5. The average Bonchev–Trinajstić information content (AvgIpc) is 2.68. The Labute approximate surface area is 154 Å². The topological polar surface area (TPSA) is 54.9 Å². The molecular formula is C20H26FN3O2. The number of nitrogens with one attached hydrogen (secondary N) is 2. The first-order chi connectivity index (χ1) is 12.7. The van der Waals surface area contributed by atoms with Crippen LogP contribution in [0.2, 0.25) is 0 Å². The van der Waals surface area contributed by atoms with Gasteiger partial charge in [0, 0.05) is 20.2 Å². The van der Waals surface area contributed by atoms with E-state index >= 15 is 0 Å². The van der Waals surface area contributed by atoms with Crippen LogP contribution in [-0.4, -0.2) is 33.3 Å². The molecule has 140 valence electrons. The van der Waals surface area contributed by atoms with Crippen LogP contribution in [0.25, 0.3) is 0 Å². The number of hydrogen-bond acceptors (Lipinski definition) is 3. The summed E-state index contributed by atoms with van der Waals surface area (Å²) < 4.78 is 23.8. The van der Waals surface area contributed by atoms with E-state index in [0.717, 1.165) is 23.4 Å². The molecule has 0 fully saturated rings. The maximum Gasteiger partial charge on any atom is 0.191 e. The molecule has 0 aliphatic carbocycles. The minimum Gasteiger partial charge on any atom is -0.497 e. The van der Waals surface area contributed by atoms with E-state index in [4.69, 9.17) is 9.47 Å². The molecule has 5 nitrogen and oxygen atoms in total. The molecule has 26 heavy (non-hydrogen) atoms. The van der Waals surface area contributed by atoms with Gasteiger partial charge in [0.15, 0.2) is 5.96 Å². The summed E-state index contributed by atoms with van der Waals surface area (Å²) >= 11 is 0. The number of aliphatic imine (C=N–C) groups is 1. The fourth-order valence-corrected chi connectivity index (χ4v) is 2.45. The summed E-state index contributed by atoms with van der Waals surface area (Å²) in [7, 11) is 3.28. The van der Waals surface area contributed by atoms with Crippen LogP contribution < -0.4 is 15.4 Å². The molecule has 2 N–H and O–H groups in total. The molecule has 0 spiro atoms. The summed E-state index contributed by atoms with van der Waals surface area (Å²) in [6.07, 6.45) is -0.194. The number of methoxy groups -OCH3 is 2. The molecule has 0 saturated heterocycles. The fraction of sp³-hybridized carbons (Fsp3) is 0.350.